The second-order valence-corrected chi connectivity index (χ2v) is 7.68. The van der Waals surface area contributed by atoms with Crippen LogP contribution in [-0.2, 0) is 6.42 Å². The molecule has 1 aromatic heterocycles. The van der Waals surface area contributed by atoms with E-state index in [9.17, 15) is 0 Å². The topological polar surface area (TPSA) is 40.5 Å². The van der Waals surface area contributed by atoms with Crippen LogP contribution < -0.4 is 5.32 Å². The van der Waals surface area contributed by atoms with Gasteiger partial charge in [-0.15, -0.1) is 0 Å². The standard InChI is InChI=1S/C24H24N4/c1-3-19(24-15-28(2)11-10-26-24)18-13-21-20(5-7-23(21)27-14-18)16-4-6-22-17(12-16)8-9-25-22/h3-6,8-9,12-14,17,26H,1,7,10-11,15H2,2H3/b24-19+. The van der Waals surface area contributed by atoms with E-state index in [2.05, 4.69) is 65.3 Å². The molecule has 2 aliphatic heterocycles. The van der Waals surface area contributed by atoms with Crippen LogP contribution in [0.2, 0.25) is 0 Å². The minimum atomic E-state index is 0.300. The lowest BCUT2D eigenvalue weighted by atomic mass is 9.89. The van der Waals surface area contributed by atoms with Gasteiger partial charge >= 0.3 is 0 Å². The smallest absolute Gasteiger partial charge is 0.0520 e. The number of allylic oxidation sites excluding steroid dienone is 9. The van der Waals surface area contributed by atoms with Crippen LogP contribution in [0.5, 0.6) is 0 Å². The summed E-state index contributed by atoms with van der Waals surface area (Å²) >= 11 is 0. The monoisotopic (exact) mass is 368 g/mol. The van der Waals surface area contributed by atoms with Gasteiger partial charge in [0.2, 0.25) is 0 Å². The van der Waals surface area contributed by atoms with Crippen LogP contribution in [-0.4, -0.2) is 42.3 Å². The summed E-state index contributed by atoms with van der Waals surface area (Å²) in [7, 11) is 2.15. The predicted octanol–water partition coefficient (Wildman–Crippen LogP) is 3.53. The van der Waals surface area contributed by atoms with E-state index in [1.807, 2.05) is 18.5 Å². The Morgan fingerprint density at radius 3 is 3.14 bits per heavy atom. The lowest BCUT2D eigenvalue weighted by Crippen LogP contribution is -2.40. The van der Waals surface area contributed by atoms with E-state index in [-0.39, 0.29) is 0 Å². The number of nitrogens with one attached hydrogen (secondary N) is 1. The molecule has 4 heteroatoms. The molecule has 1 unspecified atom stereocenters. The molecule has 0 saturated carbocycles. The van der Waals surface area contributed by atoms with Crippen LogP contribution in [0.25, 0.3) is 11.1 Å². The Bertz CT molecular complexity index is 1030. The third kappa shape index (κ3) is 2.90. The van der Waals surface area contributed by atoms with Crippen LogP contribution in [0.15, 0.2) is 77.8 Å². The average molecular weight is 368 g/mol. The molecule has 28 heavy (non-hydrogen) atoms. The number of hydrogen-bond acceptors (Lipinski definition) is 4. The fourth-order valence-corrected chi connectivity index (χ4v) is 4.32. The highest BCUT2D eigenvalue weighted by atomic mass is 15.2. The number of nitrogens with zero attached hydrogens (tertiary/aromatic N) is 3. The van der Waals surface area contributed by atoms with Gasteiger partial charge in [-0.05, 0) is 30.3 Å². The largest absolute Gasteiger partial charge is 0.386 e. The number of pyridine rings is 1. The summed E-state index contributed by atoms with van der Waals surface area (Å²) in [6.45, 7) is 7.00. The van der Waals surface area contributed by atoms with Gasteiger partial charge in [0.05, 0.1) is 11.4 Å². The van der Waals surface area contributed by atoms with Gasteiger partial charge < -0.3 is 5.32 Å². The second kappa shape index (κ2) is 6.88. The quantitative estimate of drug-likeness (QED) is 0.887. The number of hydrogen-bond donors (Lipinski definition) is 1. The highest BCUT2D eigenvalue weighted by Gasteiger charge is 2.24. The first-order valence-corrected chi connectivity index (χ1v) is 9.85. The highest BCUT2D eigenvalue weighted by molar-refractivity contribution is 6.04. The summed E-state index contributed by atoms with van der Waals surface area (Å²) in [4.78, 5) is 11.5. The van der Waals surface area contributed by atoms with E-state index >= 15 is 0 Å². The van der Waals surface area contributed by atoms with Crippen molar-refractivity contribution in [3.05, 3.63) is 89.6 Å². The predicted molar refractivity (Wildman–Crippen MR) is 116 cm³/mol. The van der Waals surface area contributed by atoms with Gasteiger partial charge in [0.15, 0.2) is 0 Å². The number of fused-ring (bicyclic) bond motifs is 2. The molecular weight excluding hydrogens is 344 g/mol. The van der Waals surface area contributed by atoms with Crippen LogP contribution in [0.3, 0.4) is 0 Å². The molecule has 5 rings (SSSR count). The number of aromatic nitrogens is 1. The molecule has 1 fully saturated rings. The average Bonchev–Trinajstić information content (AvgIpc) is 3.34. The van der Waals surface area contributed by atoms with Gasteiger partial charge in [-0.2, -0.15) is 0 Å². The summed E-state index contributed by atoms with van der Waals surface area (Å²) in [5, 5.41) is 3.55. The zero-order chi connectivity index (χ0) is 19.1. The zero-order valence-corrected chi connectivity index (χ0v) is 16.2. The zero-order valence-electron chi connectivity index (χ0n) is 16.2. The molecule has 0 aromatic carbocycles. The third-order valence-electron chi connectivity index (χ3n) is 5.82. The first-order chi connectivity index (χ1) is 13.7. The third-order valence-corrected chi connectivity index (χ3v) is 5.82. The Morgan fingerprint density at radius 1 is 1.36 bits per heavy atom. The van der Waals surface area contributed by atoms with Crippen molar-refractivity contribution in [3.63, 3.8) is 0 Å². The van der Waals surface area contributed by atoms with E-state index in [4.69, 9.17) is 4.98 Å². The molecule has 4 nitrogen and oxygen atoms in total. The molecule has 1 saturated heterocycles. The molecule has 1 aromatic rings. The number of likely N-dealkylation sites (N-methyl/N-ethyl adjacent to an activating group) is 1. The van der Waals surface area contributed by atoms with Crippen molar-refractivity contribution < 1.29 is 0 Å². The van der Waals surface area contributed by atoms with Crippen molar-refractivity contribution in [1.82, 2.24) is 15.2 Å². The van der Waals surface area contributed by atoms with Gasteiger partial charge in [-0.1, -0.05) is 37.0 Å². The molecule has 140 valence electrons. The molecule has 3 heterocycles. The first kappa shape index (κ1) is 17.1. The lowest BCUT2D eigenvalue weighted by Gasteiger charge is -2.28. The van der Waals surface area contributed by atoms with Crippen molar-refractivity contribution in [3.8, 4) is 0 Å². The number of piperazine rings is 1. The summed E-state index contributed by atoms with van der Waals surface area (Å²) in [5.74, 6) is 0.300. The van der Waals surface area contributed by atoms with E-state index in [0.29, 0.717) is 5.92 Å². The Kier molecular flexibility index (Phi) is 4.21. The maximum atomic E-state index is 4.79. The summed E-state index contributed by atoms with van der Waals surface area (Å²) in [5.41, 5.74) is 9.55. The van der Waals surface area contributed by atoms with E-state index < -0.39 is 0 Å². The fraction of sp³-hybridized carbons (Fsp3) is 0.250. The van der Waals surface area contributed by atoms with Gasteiger partial charge in [0.25, 0.3) is 0 Å². The van der Waals surface area contributed by atoms with Gasteiger partial charge in [0.1, 0.15) is 0 Å². The normalized spacial score (nSPS) is 24.8. The molecule has 1 N–H and O–H groups in total. The lowest BCUT2D eigenvalue weighted by molar-refractivity contribution is 0.324. The molecule has 4 aliphatic rings. The number of rotatable bonds is 3. The van der Waals surface area contributed by atoms with Crippen LogP contribution in [0.1, 0.15) is 16.8 Å². The highest BCUT2D eigenvalue weighted by Crippen LogP contribution is 2.37. The van der Waals surface area contributed by atoms with Crippen molar-refractivity contribution in [2.24, 2.45) is 10.9 Å². The van der Waals surface area contributed by atoms with Crippen LogP contribution in [0.4, 0.5) is 0 Å². The first-order valence-electron chi connectivity index (χ1n) is 9.85. The molecule has 2 aliphatic carbocycles. The minimum absolute atomic E-state index is 0.300. The summed E-state index contributed by atoms with van der Waals surface area (Å²) in [6.07, 6.45) is 17.8. The molecule has 0 radical (unpaired) electrons. The van der Waals surface area contributed by atoms with Crippen LogP contribution in [0, 0.1) is 5.92 Å². The summed E-state index contributed by atoms with van der Waals surface area (Å²) in [6, 6.07) is 2.28. The minimum Gasteiger partial charge on any atom is -0.386 e. The molecule has 0 bridgehead atoms. The SMILES string of the molecule is C=C/C(=C1/CN(C)CCN1)c1cnc2c(c1)C(C1=CC3C=CN=C3C=C1)=CC2. The fourth-order valence-electron chi connectivity index (χ4n) is 4.32. The van der Waals surface area contributed by atoms with Gasteiger partial charge in [-0.3, -0.25) is 14.9 Å². The Hall–Kier alpha value is -2.98. The Balaban J connectivity index is 1.52. The molecule has 1 atom stereocenters. The van der Waals surface area contributed by atoms with E-state index in [0.717, 1.165) is 48.6 Å². The maximum absolute atomic E-state index is 4.79. The second-order valence-electron chi connectivity index (χ2n) is 7.68. The van der Waals surface area contributed by atoms with Crippen molar-refractivity contribution in [2.75, 3.05) is 26.7 Å². The Labute approximate surface area is 166 Å². The van der Waals surface area contributed by atoms with Gasteiger partial charge in [0, 0.05) is 66.8 Å². The van der Waals surface area contributed by atoms with Crippen molar-refractivity contribution >= 4 is 16.9 Å². The molecule has 0 amide bonds. The maximum Gasteiger partial charge on any atom is 0.0520 e. The van der Waals surface area contributed by atoms with Crippen LogP contribution >= 0.6 is 0 Å². The van der Waals surface area contributed by atoms with E-state index in [1.54, 1.807) is 0 Å². The van der Waals surface area contributed by atoms with Crippen molar-refractivity contribution in [1.29, 1.82) is 0 Å². The molecular formula is C24H24N4. The van der Waals surface area contributed by atoms with Crippen molar-refractivity contribution in [2.45, 2.75) is 6.42 Å². The van der Waals surface area contributed by atoms with Gasteiger partial charge in [-0.25, -0.2) is 0 Å². The van der Waals surface area contributed by atoms with E-state index in [1.165, 1.54) is 22.4 Å². The molecule has 0 spiro atoms. The Morgan fingerprint density at radius 2 is 2.29 bits per heavy atom. The summed E-state index contributed by atoms with van der Waals surface area (Å²) < 4.78 is 0. The number of aliphatic imine (C=N–C) groups is 1.